The SMILES string of the molecule is C[N+](C)(C)CCCCN. The van der Waals surface area contributed by atoms with Crippen LogP contribution in [0.3, 0.4) is 0 Å². The highest BCUT2D eigenvalue weighted by molar-refractivity contribution is 4.37. The van der Waals surface area contributed by atoms with E-state index in [4.69, 9.17) is 5.73 Å². The van der Waals surface area contributed by atoms with Crippen molar-refractivity contribution in [3.63, 3.8) is 0 Å². The molecule has 0 aromatic rings. The van der Waals surface area contributed by atoms with Crippen molar-refractivity contribution in [1.82, 2.24) is 0 Å². The van der Waals surface area contributed by atoms with Crippen molar-refractivity contribution in [3.8, 4) is 0 Å². The molecule has 0 saturated heterocycles. The maximum Gasteiger partial charge on any atom is 0.0780 e. The van der Waals surface area contributed by atoms with Crippen LogP contribution < -0.4 is 5.73 Å². The third kappa shape index (κ3) is 7.92. The second kappa shape index (κ2) is 3.85. The van der Waals surface area contributed by atoms with E-state index < -0.39 is 0 Å². The summed E-state index contributed by atoms with van der Waals surface area (Å²) in [5, 5.41) is 0. The first-order valence-electron chi connectivity index (χ1n) is 3.57. The topological polar surface area (TPSA) is 26.0 Å². The first kappa shape index (κ1) is 8.92. The van der Waals surface area contributed by atoms with Crippen molar-refractivity contribution in [2.45, 2.75) is 12.8 Å². The molecular weight excluding hydrogens is 112 g/mol. The van der Waals surface area contributed by atoms with E-state index in [9.17, 15) is 0 Å². The molecule has 0 rings (SSSR count). The number of hydrogen-bond donors (Lipinski definition) is 1. The average Bonchev–Trinajstić information content (AvgIpc) is 1.63. The zero-order valence-corrected chi connectivity index (χ0v) is 6.85. The highest BCUT2D eigenvalue weighted by atomic mass is 15.3. The maximum absolute atomic E-state index is 5.35. The highest BCUT2D eigenvalue weighted by Crippen LogP contribution is 1.94. The van der Waals surface area contributed by atoms with E-state index in [1.165, 1.54) is 13.0 Å². The van der Waals surface area contributed by atoms with Crippen LogP contribution in [0.2, 0.25) is 0 Å². The third-order valence-corrected chi connectivity index (χ3v) is 1.28. The van der Waals surface area contributed by atoms with E-state index in [1.54, 1.807) is 0 Å². The van der Waals surface area contributed by atoms with Crippen molar-refractivity contribution in [2.75, 3.05) is 34.2 Å². The standard InChI is InChI=1S/C7H19N2/c1-9(2,3)7-5-4-6-8/h4-8H2,1-3H3/q+1. The van der Waals surface area contributed by atoms with Gasteiger partial charge in [-0.25, -0.2) is 0 Å². The Kier molecular flexibility index (Phi) is 3.82. The van der Waals surface area contributed by atoms with Gasteiger partial charge in [0.05, 0.1) is 27.7 Å². The Balaban J connectivity index is 3.07. The smallest absolute Gasteiger partial charge is 0.0780 e. The van der Waals surface area contributed by atoms with Gasteiger partial charge in [0.25, 0.3) is 0 Å². The molecule has 0 fully saturated rings. The summed E-state index contributed by atoms with van der Waals surface area (Å²) in [6.45, 7) is 2.07. The van der Waals surface area contributed by atoms with Gasteiger partial charge < -0.3 is 10.2 Å². The molecule has 2 heteroatoms. The molecular formula is C7H19N2+. The van der Waals surface area contributed by atoms with E-state index in [-0.39, 0.29) is 0 Å². The Morgan fingerprint density at radius 2 is 1.67 bits per heavy atom. The third-order valence-electron chi connectivity index (χ3n) is 1.28. The van der Waals surface area contributed by atoms with Gasteiger partial charge in [0, 0.05) is 0 Å². The molecule has 0 aromatic heterocycles. The number of rotatable bonds is 4. The van der Waals surface area contributed by atoms with Crippen LogP contribution >= 0.6 is 0 Å². The summed E-state index contributed by atoms with van der Waals surface area (Å²) in [4.78, 5) is 0. The number of quaternary nitrogens is 1. The molecule has 0 unspecified atom stereocenters. The lowest BCUT2D eigenvalue weighted by Crippen LogP contribution is -2.35. The van der Waals surface area contributed by atoms with Crippen LogP contribution in [-0.4, -0.2) is 38.7 Å². The molecule has 0 amide bonds. The van der Waals surface area contributed by atoms with Gasteiger partial charge in [-0.1, -0.05) is 0 Å². The van der Waals surface area contributed by atoms with E-state index >= 15 is 0 Å². The Morgan fingerprint density at radius 3 is 2.00 bits per heavy atom. The molecule has 56 valence electrons. The summed E-state index contributed by atoms with van der Waals surface area (Å²) in [7, 11) is 6.61. The maximum atomic E-state index is 5.35. The fourth-order valence-corrected chi connectivity index (χ4v) is 0.730. The molecule has 0 aromatic carbocycles. The largest absolute Gasteiger partial charge is 0.331 e. The van der Waals surface area contributed by atoms with Crippen molar-refractivity contribution >= 4 is 0 Å². The summed E-state index contributed by atoms with van der Waals surface area (Å²) >= 11 is 0. The summed E-state index contributed by atoms with van der Waals surface area (Å²) < 4.78 is 1.06. The molecule has 2 N–H and O–H groups in total. The zero-order chi connectivity index (χ0) is 7.33. The van der Waals surface area contributed by atoms with Crippen molar-refractivity contribution < 1.29 is 4.48 Å². The van der Waals surface area contributed by atoms with Crippen LogP contribution in [0.25, 0.3) is 0 Å². The van der Waals surface area contributed by atoms with Gasteiger partial charge in [0.15, 0.2) is 0 Å². The molecule has 0 spiro atoms. The molecule has 0 heterocycles. The Morgan fingerprint density at radius 1 is 1.11 bits per heavy atom. The Labute approximate surface area is 58.2 Å². The highest BCUT2D eigenvalue weighted by Gasteiger charge is 2.03. The van der Waals surface area contributed by atoms with Crippen LogP contribution in [-0.2, 0) is 0 Å². The van der Waals surface area contributed by atoms with Crippen LogP contribution in [0.15, 0.2) is 0 Å². The van der Waals surface area contributed by atoms with Gasteiger partial charge in [-0.3, -0.25) is 0 Å². The van der Waals surface area contributed by atoms with Crippen molar-refractivity contribution in [1.29, 1.82) is 0 Å². The fourth-order valence-electron chi connectivity index (χ4n) is 0.730. The predicted octanol–water partition coefficient (Wildman–Crippen LogP) is 0.432. The fraction of sp³-hybridized carbons (Fsp3) is 1.00. The summed E-state index contributed by atoms with van der Waals surface area (Å²) in [5.74, 6) is 0. The minimum Gasteiger partial charge on any atom is -0.331 e. The van der Waals surface area contributed by atoms with Gasteiger partial charge in [0.2, 0.25) is 0 Å². The summed E-state index contributed by atoms with van der Waals surface area (Å²) in [5.41, 5.74) is 5.35. The number of unbranched alkanes of at least 4 members (excludes halogenated alkanes) is 1. The number of nitrogens with two attached hydrogens (primary N) is 1. The van der Waals surface area contributed by atoms with Gasteiger partial charge in [-0.2, -0.15) is 0 Å². The monoisotopic (exact) mass is 131 g/mol. The second-order valence-electron chi connectivity index (χ2n) is 3.51. The molecule has 0 aliphatic rings. The van der Waals surface area contributed by atoms with Gasteiger partial charge in [-0.05, 0) is 19.4 Å². The van der Waals surface area contributed by atoms with Gasteiger partial charge in [-0.15, -0.1) is 0 Å². The lowest BCUT2D eigenvalue weighted by molar-refractivity contribution is -0.870. The summed E-state index contributed by atoms with van der Waals surface area (Å²) in [6.07, 6.45) is 2.41. The minimum atomic E-state index is 0.833. The summed E-state index contributed by atoms with van der Waals surface area (Å²) in [6, 6.07) is 0. The Bertz CT molecular complexity index is 63.8. The molecule has 0 atom stereocenters. The Hall–Kier alpha value is -0.0800. The molecule has 0 saturated carbocycles. The van der Waals surface area contributed by atoms with E-state index in [1.807, 2.05) is 0 Å². The lowest BCUT2D eigenvalue weighted by Gasteiger charge is -2.23. The predicted molar refractivity (Wildman–Crippen MR) is 41.2 cm³/mol. The molecule has 2 nitrogen and oxygen atoms in total. The number of nitrogens with zero attached hydrogens (tertiary/aromatic N) is 1. The van der Waals surface area contributed by atoms with Crippen molar-refractivity contribution in [2.24, 2.45) is 5.73 Å². The van der Waals surface area contributed by atoms with Crippen LogP contribution in [0, 0.1) is 0 Å². The van der Waals surface area contributed by atoms with E-state index in [0.29, 0.717) is 0 Å². The quantitative estimate of drug-likeness (QED) is 0.434. The molecule has 0 radical (unpaired) electrons. The average molecular weight is 131 g/mol. The molecule has 0 bridgehead atoms. The first-order chi connectivity index (χ1) is 4.06. The second-order valence-corrected chi connectivity index (χ2v) is 3.51. The lowest BCUT2D eigenvalue weighted by atomic mass is 10.3. The van der Waals surface area contributed by atoms with Gasteiger partial charge >= 0.3 is 0 Å². The zero-order valence-electron chi connectivity index (χ0n) is 6.85. The number of hydrogen-bond acceptors (Lipinski definition) is 1. The van der Waals surface area contributed by atoms with Crippen LogP contribution in [0.4, 0.5) is 0 Å². The molecule has 0 aliphatic carbocycles. The molecule has 0 aliphatic heterocycles. The first-order valence-corrected chi connectivity index (χ1v) is 3.57. The molecule has 9 heavy (non-hydrogen) atoms. The van der Waals surface area contributed by atoms with E-state index in [2.05, 4.69) is 21.1 Å². The minimum absolute atomic E-state index is 0.833. The van der Waals surface area contributed by atoms with Crippen LogP contribution in [0.5, 0.6) is 0 Å². The van der Waals surface area contributed by atoms with Crippen LogP contribution in [0.1, 0.15) is 12.8 Å². The normalized spacial score (nSPS) is 12.0. The van der Waals surface area contributed by atoms with Crippen molar-refractivity contribution in [3.05, 3.63) is 0 Å². The van der Waals surface area contributed by atoms with E-state index in [0.717, 1.165) is 17.4 Å². The van der Waals surface area contributed by atoms with Gasteiger partial charge in [0.1, 0.15) is 0 Å².